The number of nitrogens with one attached hydrogen (secondary N) is 1. The zero-order chi connectivity index (χ0) is 13.7. The first-order chi connectivity index (χ1) is 9.22. The first-order valence-electron chi connectivity index (χ1n) is 6.74. The summed E-state index contributed by atoms with van der Waals surface area (Å²) in [5.74, 6) is 1.51. The highest BCUT2D eigenvalue weighted by molar-refractivity contribution is 5.75. The van der Waals surface area contributed by atoms with Crippen LogP contribution in [0.15, 0.2) is 18.3 Å². The van der Waals surface area contributed by atoms with E-state index < -0.39 is 0 Å². The molecule has 2 N–H and O–H groups in total. The summed E-state index contributed by atoms with van der Waals surface area (Å²) in [6.45, 7) is 1.88. The van der Waals surface area contributed by atoms with E-state index in [1.807, 2.05) is 12.1 Å². The molecule has 1 aromatic heterocycles. The lowest BCUT2D eigenvalue weighted by Gasteiger charge is -2.32. The van der Waals surface area contributed by atoms with Gasteiger partial charge in [-0.1, -0.05) is 0 Å². The quantitative estimate of drug-likeness (QED) is 0.848. The van der Waals surface area contributed by atoms with Crippen molar-refractivity contribution in [2.24, 2.45) is 5.92 Å². The van der Waals surface area contributed by atoms with Gasteiger partial charge < -0.3 is 15.3 Å². The first-order valence-corrected chi connectivity index (χ1v) is 6.74. The van der Waals surface area contributed by atoms with Gasteiger partial charge in [0, 0.05) is 32.8 Å². The van der Waals surface area contributed by atoms with E-state index in [1.54, 1.807) is 13.2 Å². The number of amides is 1. The van der Waals surface area contributed by atoms with Crippen LogP contribution in [0.4, 0.5) is 5.82 Å². The Morgan fingerprint density at radius 3 is 2.89 bits per heavy atom. The number of anilines is 1. The minimum atomic E-state index is 0.0443. The highest BCUT2D eigenvalue weighted by Gasteiger charge is 2.21. The van der Waals surface area contributed by atoms with E-state index in [-0.39, 0.29) is 12.5 Å². The molecular weight excluding hydrogens is 242 g/mol. The standard InChI is InChI=1S/C14H21N3O2/c1-15-14(19)9-11-3-6-17(7-4-11)13-8-12(10-18)2-5-16-13/h2,5,8,11,18H,3-4,6-7,9-10H2,1H3,(H,15,19). The summed E-state index contributed by atoms with van der Waals surface area (Å²) in [7, 11) is 1.68. The molecule has 0 radical (unpaired) electrons. The number of rotatable bonds is 4. The van der Waals surface area contributed by atoms with Crippen LogP contribution in [0.5, 0.6) is 0 Å². The van der Waals surface area contributed by atoms with Crippen molar-refractivity contribution in [2.75, 3.05) is 25.0 Å². The average Bonchev–Trinajstić information content (AvgIpc) is 2.48. The Kier molecular flexibility index (Phi) is 4.74. The summed E-state index contributed by atoms with van der Waals surface area (Å²) >= 11 is 0. The molecular formula is C14H21N3O2. The number of hydrogen-bond acceptors (Lipinski definition) is 4. The van der Waals surface area contributed by atoms with Crippen molar-refractivity contribution < 1.29 is 9.90 Å². The van der Waals surface area contributed by atoms with Crippen LogP contribution in [0.3, 0.4) is 0 Å². The number of piperidine rings is 1. The van der Waals surface area contributed by atoms with Crippen LogP contribution in [0, 0.1) is 5.92 Å². The van der Waals surface area contributed by atoms with Crippen molar-refractivity contribution in [1.29, 1.82) is 0 Å². The fourth-order valence-electron chi connectivity index (χ4n) is 2.46. The van der Waals surface area contributed by atoms with Gasteiger partial charge in [-0.15, -0.1) is 0 Å². The lowest BCUT2D eigenvalue weighted by molar-refractivity contribution is -0.121. The Hall–Kier alpha value is -1.62. The molecule has 1 saturated heterocycles. The van der Waals surface area contributed by atoms with Gasteiger partial charge >= 0.3 is 0 Å². The molecule has 0 spiro atoms. The Balaban J connectivity index is 1.90. The van der Waals surface area contributed by atoms with E-state index in [0.29, 0.717) is 12.3 Å². The number of hydrogen-bond donors (Lipinski definition) is 2. The number of aliphatic hydroxyl groups excluding tert-OH is 1. The molecule has 1 aliphatic rings. The molecule has 1 fully saturated rings. The van der Waals surface area contributed by atoms with Crippen molar-refractivity contribution in [1.82, 2.24) is 10.3 Å². The Morgan fingerprint density at radius 1 is 1.53 bits per heavy atom. The van der Waals surface area contributed by atoms with E-state index in [4.69, 9.17) is 5.11 Å². The number of pyridine rings is 1. The molecule has 1 aliphatic heterocycles. The molecule has 5 heteroatoms. The van der Waals surface area contributed by atoms with Gasteiger partial charge in [0.2, 0.25) is 5.91 Å². The zero-order valence-electron chi connectivity index (χ0n) is 11.3. The van der Waals surface area contributed by atoms with Crippen LogP contribution in [0.25, 0.3) is 0 Å². The van der Waals surface area contributed by atoms with Crippen LogP contribution < -0.4 is 10.2 Å². The largest absolute Gasteiger partial charge is 0.392 e. The monoisotopic (exact) mass is 263 g/mol. The average molecular weight is 263 g/mol. The van der Waals surface area contributed by atoms with Crippen molar-refractivity contribution in [2.45, 2.75) is 25.9 Å². The Labute approximate surface area is 113 Å². The van der Waals surface area contributed by atoms with Gasteiger partial charge in [-0.25, -0.2) is 4.98 Å². The normalized spacial score (nSPS) is 16.4. The Bertz CT molecular complexity index is 428. The highest BCUT2D eigenvalue weighted by Crippen LogP contribution is 2.24. The molecule has 0 bridgehead atoms. The van der Waals surface area contributed by atoms with Gasteiger partial charge in [-0.05, 0) is 36.5 Å². The van der Waals surface area contributed by atoms with Crippen molar-refractivity contribution in [3.05, 3.63) is 23.9 Å². The summed E-state index contributed by atoms with van der Waals surface area (Å²) in [6.07, 6.45) is 4.38. The Morgan fingerprint density at radius 2 is 2.26 bits per heavy atom. The second kappa shape index (κ2) is 6.52. The van der Waals surface area contributed by atoms with Gasteiger partial charge in [-0.3, -0.25) is 4.79 Å². The molecule has 0 aromatic carbocycles. The summed E-state index contributed by atoms with van der Waals surface area (Å²) in [5.41, 5.74) is 0.887. The number of nitrogens with zero attached hydrogens (tertiary/aromatic N) is 2. The third-order valence-corrected chi connectivity index (χ3v) is 3.68. The van der Waals surface area contributed by atoms with E-state index >= 15 is 0 Å². The number of carbonyl (C=O) groups is 1. The van der Waals surface area contributed by atoms with Gasteiger partial charge in [0.05, 0.1) is 6.61 Å². The van der Waals surface area contributed by atoms with Crippen LogP contribution in [0.1, 0.15) is 24.8 Å². The molecule has 104 valence electrons. The van der Waals surface area contributed by atoms with E-state index in [2.05, 4.69) is 15.2 Å². The summed E-state index contributed by atoms with van der Waals surface area (Å²) in [4.78, 5) is 17.9. The lowest BCUT2D eigenvalue weighted by Crippen LogP contribution is -2.36. The molecule has 5 nitrogen and oxygen atoms in total. The van der Waals surface area contributed by atoms with Crippen LogP contribution in [-0.4, -0.2) is 36.1 Å². The molecule has 2 heterocycles. The third-order valence-electron chi connectivity index (χ3n) is 3.68. The number of aliphatic hydroxyl groups is 1. The second-order valence-electron chi connectivity index (χ2n) is 4.99. The lowest BCUT2D eigenvalue weighted by atomic mass is 9.93. The molecule has 2 rings (SSSR count). The van der Waals surface area contributed by atoms with Gasteiger partial charge in [-0.2, -0.15) is 0 Å². The van der Waals surface area contributed by atoms with Crippen LogP contribution in [-0.2, 0) is 11.4 Å². The fourth-order valence-corrected chi connectivity index (χ4v) is 2.46. The van der Waals surface area contributed by atoms with Gasteiger partial charge in [0.1, 0.15) is 5.82 Å². The molecule has 19 heavy (non-hydrogen) atoms. The molecule has 0 saturated carbocycles. The predicted octanol–water partition coefficient (Wildman–Crippen LogP) is 0.926. The number of carbonyl (C=O) groups excluding carboxylic acids is 1. The summed E-state index contributed by atoms with van der Waals surface area (Å²) < 4.78 is 0. The molecule has 0 aliphatic carbocycles. The first kappa shape index (κ1) is 13.8. The maximum Gasteiger partial charge on any atom is 0.220 e. The van der Waals surface area contributed by atoms with Crippen molar-refractivity contribution in [3.63, 3.8) is 0 Å². The predicted molar refractivity (Wildman–Crippen MR) is 73.8 cm³/mol. The second-order valence-corrected chi connectivity index (χ2v) is 4.99. The maximum atomic E-state index is 11.4. The molecule has 1 amide bonds. The molecule has 1 aromatic rings. The smallest absolute Gasteiger partial charge is 0.220 e. The highest BCUT2D eigenvalue weighted by atomic mass is 16.3. The van der Waals surface area contributed by atoms with E-state index in [0.717, 1.165) is 37.3 Å². The topological polar surface area (TPSA) is 65.5 Å². The van der Waals surface area contributed by atoms with Crippen molar-refractivity contribution >= 4 is 11.7 Å². The third kappa shape index (κ3) is 3.67. The van der Waals surface area contributed by atoms with Gasteiger partial charge in [0.25, 0.3) is 0 Å². The van der Waals surface area contributed by atoms with E-state index in [9.17, 15) is 4.79 Å². The minimum absolute atomic E-state index is 0.0443. The SMILES string of the molecule is CNC(=O)CC1CCN(c2cc(CO)ccn2)CC1. The van der Waals surface area contributed by atoms with Crippen molar-refractivity contribution in [3.8, 4) is 0 Å². The summed E-state index contributed by atoms with van der Waals surface area (Å²) in [5, 5.41) is 11.8. The van der Waals surface area contributed by atoms with Crippen LogP contribution >= 0.6 is 0 Å². The zero-order valence-corrected chi connectivity index (χ0v) is 11.3. The van der Waals surface area contributed by atoms with Gasteiger partial charge in [0.15, 0.2) is 0 Å². The maximum absolute atomic E-state index is 11.4. The van der Waals surface area contributed by atoms with Crippen LogP contribution in [0.2, 0.25) is 0 Å². The summed E-state index contributed by atoms with van der Waals surface area (Å²) in [6, 6.07) is 3.75. The minimum Gasteiger partial charge on any atom is -0.392 e. The van der Waals surface area contributed by atoms with E-state index in [1.165, 1.54) is 0 Å². The fraction of sp³-hybridized carbons (Fsp3) is 0.571. The number of aromatic nitrogens is 1. The molecule has 0 atom stereocenters. The molecule has 0 unspecified atom stereocenters.